The third kappa shape index (κ3) is 5.92. The number of rotatable bonds is 7. The summed E-state index contributed by atoms with van der Waals surface area (Å²) in [6, 6.07) is 98.4. The predicted octanol–water partition coefficient (Wildman–Crippen LogP) is 17.6. The molecule has 1 aromatic heterocycles. The largest absolute Gasteiger partial charge is 0.310 e. The fourth-order valence-corrected chi connectivity index (χ4v) is 11.8. The van der Waals surface area contributed by atoms with Crippen LogP contribution in [0.1, 0.15) is 22.3 Å². The summed E-state index contributed by atoms with van der Waals surface area (Å²) in [5, 5.41) is 2.56. The molecule has 0 fully saturated rings. The fourth-order valence-electron chi connectivity index (χ4n) is 11.8. The van der Waals surface area contributed by atoms with Gasteiger partial charge in [0.2, 0.25) is 0 Å². The Bertz CT molecular complexity index is 3870. The SMILES string of the molecule is c1ccc(-c2ccc(-c3ccccc3N(c3ccc(-c4ccccc4)cc3)c3ccc(-c4ccc5c(c4)-n4c6ccccc6c6cccc(c64)C54c5ccccc5-c5ccccc54)cc3)cc2)cc1. The third-order valence-corrected chi connectivity index (χ3v) is 14.8. The van der Waals surface area contributed by atoms with Crippen LogP contribution in [0.4, 0.5) is 17.1 Å². The first-order chi connectivity index (χ1) is 34.2. The molecule has 1 spiro atoms. The minimum Gasteiger partial charge on any atom is -0.310 e. The molecule has 14 rings (SSSR count). The summed E-state index contributed by atoms with van der Waals surface area (Å²) in [6.45, 7) is 0. The molecule has 2 heteroatoms. The molecule has 1 aliphatic carbocycles. The quantitative estimate of drug-likeness (QED) is 0.155. The Kier molecular flexibility index (Phi) is 8.84. The third-order valence-electron chi connectivity index (χ3n) is 14.8. The number of anilines is 3. The van der Waals surface area contributed by atoms with Crippen LogP contribution in [-0.4, -0.2) is 4.57 Å². The number of benzene rings is 11. The molecule has 0 N–H and O–H groups in total. The van der Waals surface area contributed by atoms with Gasteiger partial charge < -0.3 is 9.47 Å². The smallest absolute Gasteiger partial charge is 0.0754 e. The first-order valence-electron chi connectivity index (χ1n) is 23.9. The van der Waals surface area contributed by atoms with Crippen LogP contribution in [0.2, 0.25) is 0 Å². The second-order valence-corrected chi connectivity index (χ2v) is 18.4. The molecule has 2 heterocycles. The van der Waals surface area contributed by atoms with Gasteiger partial charge in [-0.15, -0.1) is 0 Å². The van der Waals surface area contributed by atoms with Crippen LogP contribution in [-0.2, 0) is 5.41 Å². The van der Waals surface area contributed by atoms with E-state index in [4.69, 9.17) is 0 Å². The zero-order valence-corrected chi connectivity index (χ0v) is 37.8. The minimum absolute atomic E-state index is 0.472. The molecule has 0 radical (unpaired) electrons. The van der Waals surface area contributed by atoms with Gasteiger partial charge in [0, 0.05) is 27.7 Å². The first-order valence-corrected chi connectivity index (χ1v) is 23.9. The van der Waals surface area contributed by atoms with E-state index in [-0.39, 0.29) is 0 Å². The maximum Gasteiger partial charge on any atom is 0.0754 e. The highest BCUT2D eigenvalue weighted by molar-refractivity contribution is 6.13. The van der Waals surface area contributed by atoms with Crippen molar-refractivity contribution in [2.24, 2.45) is 0 Å². The van der Waals surface area contributed by atoms with Crippen LogP contribution in [0.15, 0.2) is 267 Å². The molecule has 2 nitrogen and oxygen atoms in total. The second kappa shape index (κ2) is 15.6. The molecule has 0 amide bonds. The van der Waals surface area contributed by atoms with Gasteiger partial charge in [0.15, 0.2) is 0 Å². The predicted molar refractivity (Wildman–Crippen MR) is 288 cm³/mol. The zero-order valence-electron chi connectivity index (χ0n) is 37.8. The topological polar surface area (TPSA) is 8.17 Å². The van der Waals surface area contributed by atoms with E-state index in [0.717, 1.165) is 22.6 Å². The summed E-state index contributed by atoms with van der Waals surface area (Å²) in [7, 11) is 0. The van der Waals surface area contributed by atoms with E-state index in [0.29, 0.717) is 0 Å². The standard InChI is InChI=1S/C67H44N2/c1-3-16-45(17-4-1)47-30-32-50(33-31-47)54-20-9-13-28-63(54)68(52-39-34-48(35-40-52)46-18-5-2-6-19-46)53-41-36-49(37-42-53)51-38-43-61-65(44-51)69-64-29-14-10-23-57(64)58-24-15-27-62(66(58)69)67(61)59-25-11-7-21-55(59)56-22-8-12-26-60(56)67/h1-44H. The number of para-hydroxylation sites is 3. The zero-order chi connectivity index (χ0) is 45.5. The maximum absolute atomic E-state index is 2.55. The number of fused-ring (bicyclic) bond motifs is 12. The van der Waals surface area contributed by atoms with Crippen LogP contribution in [0.25, 0.3) is 83.1 Å². The van der Waals surface area contributed by atoms with E-state index in [1.165, 1.54) is 99.8 Å². The molecule has 12 aromatic rings. The Morgan fingerprint density at radius 1 is 0.290 bits per heavy atom. The van der Waals surface area contributed by atoms with Gasteiger partial charge in [-0.2, -0.15) is 0 Å². The Morgan fingerprint density at radius 3 is 1.38 bits per heavy atom. The van der Waals surface area contributed by atoms with E-state index in [1.807, 2.05) is 0 Å². The lowest BCUT2D eigenvalue weighted by molar-refractivity contribution is 0.748. The number of aromatic nitrogens is 1. The molecule has 11 aromatic carbocycles. The molecule has 0 saturated carbocycles. The number of nitrogens with zero attached hydrogens (tertiary/aromatic N) is 2. The molecule has 2 aliphatic rings. The normalized spacial score (nSPS) is 12.8. The van der Waals surface area contributed by atoms with Crippen molar-refractivity contribution < 1.29 is 0 Å². The Balaban J connectivity index is 0.923. The highest BCUT2D eigenvalue weighted by Gasteiger charge is 2.50. The number of hydrogen-bond acceptors (Lipinski definition) is 1. The average Bonchev–Trinajstić information content (AvgIpc) is 3.93. The van der Waals surface area contributed by atoms with Gasteiger partial charge in [0.1, 0.15) is 0 Å². The van der Waals surface area contributed by atoms with E-state index in [1.54, 1.807) is 0 Å². The Morgan fingerprint density at radius 2 is 0.739 bits per heavy atom. The van der Waals surface area contributed by atoms with E-state index < -0.39 is 5.41 Å². The lowest BCUT2D eigenvalue weighted by Gasteiger charge is -2.39. The summed E-state index contributed by atoms with van der Waals surface area (Å²) in [5.74, 6) is 0. The van der Waals surface area contributed by atoms with Crippen molar-refractivity contribution in [1.82, 2.24) is 4.57 Å². The second-order valence-electron chi connectivity index (χ2n) is 18.4. The van der Waals surface area contributed by atoms with Crippen molar-refractivity contribution in [3.05, 3.63) is 289 Å². The van der Waals surface area contributed by atoms with Crippen LogP contribution in [0.5, 0.6) is 0 Å². The molecular weight excluding hydrogens is 833 g/mol. The van der Waals surface area contributed by atoms with Crippen molar-refractivity contribution >= 4 is 38.9 Å². The summed E-state index contributed by atoms with van der Waals surface area (Å²) < 4.78 is 2.55. The van der Waals surface area contributed by atoms with Crippen molar-refractivity contribution in [2.75, 3.05) is 4.90 Å². The van der Waals surface area contributed by atoms with E-state index in [9.17, 15) is 0 Å². The molecule has 69 heavy (non-hydrogen) atoms. The van der Waals surface area contributed by atoms with Gasteiger partial charge >= 0.3 is 0 Å². The van der Waals surface area contributed by atoms with Crippen molar-refractivity contribution in [1.29, 1.82) is 0 Å². The van der Waals surface area contributed by atoms with E-state index in [2.05, 4.69) is 276 Å². The maximum atomic E-state index is 2.55. The van der Waals surface area contributed by atoms with Gasteiger partial charge in [-0.05, 0) is 115 Å². The van der Waals surface area contributed by atoms with Crippen LogP contribution >= 0.6 is 0 Å². The fraction of sp³-hybridized carbons (Fsp3) is 0.0149. The van der Waals surface area contributed by atoms with Crippen molar-refractivity contribution in [3.8, 4) is 61.3 Å². The Labute approximate surface area is 402 Å². The van der Waals surface area contributed by atoms with Crippen LogP contribution in [0, 0.1) is 0 Å². The molecule has 0 unspecified atom stereocenters. The van der Waals surface area contributed by atoms with Crippen LogP contribution in [0.3, 0.4) is 0 Å². The van der Waals surface area contributed by atoms with Crippen molar-refractivity contribution in [2.45, 2.75) is 5.41 Å². The summed E-state index contributed by atoms with van der Waals surface area (Å²) >= 11 is 0. The molecule has 322 valence electrons. The van der Waals surface area contributed by atoms with Gasteiger partial charge in [0.05, 0.1) is 27.8 Å². The van der Waals surface area contributed by atoms with Gasteiger partial charge in [-0.1, -0.05) is 224 Å². The lowest BCUT2D eigenvalue weighted by atomic mass is 9.65. The van der Waals surface area contributed by atoms with Crippen LogP contribution < -0.4 is 4.90 Å². The monoisotopic (exact) mass is 876 g/mol. The Hall–Kier alpha value is -8.98. The molecule has 0 bridgehead atoms. The summed E-state index contributed by atoms with van der Waals surface area (Å²) in [6.07, 6.45) is 0. The molecular formula is C67H44N2. The van der Waals surface area contributed by atoms with Crippen molar-refractivity contribution in [3.63, 3.8) is 0 Å². The average molecular weight is 877 g/mol. The molecule has 1 aliphatic heterocycles. The first kappa shape index (κ1) is 39.2. The number of hydrogen-bond donors (Lipinski definition) is 0. The van der Waals surface area contributed by atoms with Gasteiger partial charge in [-0.25, -0.2) is 0 Å². The van der Waals surface area contributed by atoms with Gasteiger partial charge in [-0.3, -0.25) is 0 Å². The minimum atomic E-state index is -0.472. The summed E-state index contributed by atoms with van der Waals surface area (Å²) in [4.78, 5) is 2.41. The van der Waals surface area contributed by atoms with Gasteiger partial charge in [0.25, 0.3) is 0 Å². The molecule has 0 atom stereocenters. The molecule has 0 saturated heterocycles. The lowest BCUT2D eigenvalue weighted by Crippen LogP contribution is -2.33. The highest BCUT2D eigenvalue weighted by atomic mass is 15.1. The summed E-state index contributed by atoms with van der Waals surface area (Å²) in [5.41, 5.74) is 24.0. The highest BCUT2D eigenvalue weighted by Crippen LogP contribution is 2.61. The van der Waals surface area contributed by atoms with E-state index >= 15 is 0 Å².